The molecule has 1 atom stereocenters. The van der Waals surface area contributed by atoms with Gasteiger partial charge in [0.25, 0.3) is 0 Å². The molecule has 0 fully saturated rings. The third-order valence-corrected chi connectivity index (χ3v) is 5.60. The Morgan fingerprint density at radius 3 is 2.76 bits per heavy atom. The second-order valence-electron chi connectivity index (χ2n) is 7.26. The van der Waals surface area contributed by atoms with Crippen molar-refractivity contribution < 1.29 is 23.2 Å². The summed E-state index contributed by atoms with van der Waals surface area (Å²) in [5, 5.41) is 20.5. The van der Waals surface area contributed by atoms with E-state index in [0.29, 0.717) is 22.7 Å². The van der Waals surface area contributed by atoms with Crippen LogP contribution in [0.2, 0.25) is 0 Å². The number of nitrogens with zero attached hydrogens (tertiary/aromatic N) is 5. The summed E-state index contributed by atoms with van der Waals surface area (Å²) in [6.07, 6.45) is 4.48. The number of anilines is 1. The maximum Gasteiger partial charge on any atom is 0.326 e. The van der Waals surface area contributed by atoms with E-state index in [-0.39, 0.29) is 36.1 Å². The molecule has 0 saturated heterocycles. The van der Waals surface area contributed by atoms with Crippen molar-refractivity contribution >= 4 is 23.5 Å². The Hall–Kier alpha value is -3.80. The smallest absolute Gasteiger partial charge is 0.326 e. The Labute approximate surface area is 197 Å². The first-order valence-electron chi connectivity index (χ1n) is 10.2. The fraction of sp³-hybridized carbons (Fsp3) is 0.227. The second kappa shape index (κ2) is 10.4. The number of carbonyl (C=O) groups is 1. The summed E-state index contributed by atoms with van der Waals surface area (Å²) in [4.78, 5) is 19.7. The number of aliphatic carboxylic acids is 1. The molecular weight excluding hydrogens is 466 g/mol. The van der Waals surface area contributed by atoms with E-state index < -0.39 is 17.8 Å². The molecule has 0 aliphatic heterocycles. The van der Waals surface area contributed by atoms with Gasteiger partial charge in [-0.25, -0.2) is 23.5 Å². The number of halogens is 2. The lowest BCUT2D eigenvalue weighted by Crippen LogP contribution is -2.30. The van der Waals surface area contributed by atoms with Crippen LogP contribution in [0.15, 0.2) is 53.4 Å². The van der Waals surface area contributed by atoms with Crippen LogP contribution in [-0.2, 0) is 11.3 Å². The number of carboxylic acids is 1. The molecule has 0 amide bonds. The average Bonchev–Trinajstić information content (AvgIpc) is 3.49. The van der Waals surface area contributed by atoms with Crippen LogP contribution < -0.4 is 5.32 Å². The van der Waals surface area contributed by atoms with E-state index in [1.54, 1.807) is 30.3 Å². The summed E-state index contributed by atoms with van der Waals surface area (Å²) in [7, 11) is 0. The minimum Gasteiger partial charge on any atom is -0.480 e. The monoisotopic (exact) mass is 486 g/mol. The molecule has 4 rings (SSSR count). The highest BCUT2D eigenvalue weighted by Gasteiger charge is 2.22. The highest BCUT2D eigenvalue weighted by Crippen LogP contribution is 2.26. The topological polar surface area (TPSA) is 119 Å². The van der Waals surface area contributed by atoms with Gasteiger partial charge in [-0.1, -0.05) is 23.4 Å². The van der Waals surface area contributed by atoms with Gasteiger partial charge >= 0.3 is 5.97 Å². The minimum atomic E-state index is -1.11. The van der Waals surface area contributed by atoms with Crippen LogP contribution in [-0.4, -0.2) is 54.0 Å². The van der Waals surface area contributed by atoms with Crippen molar-refractivity contribution in [1.82, 2.24) is 24.9 Å². The van der Waals surface area contributed by atoms with Gasteiger partial charge in [-0.3, -0.25) is 4.68 Å². The lowest BCUT2D eigenvalue weighted by atomic mass is 10.2. The van der Waals surface area contributed by atoms with Gasteiger partial charge in [0.05, 0.1) is 18.4 Å². The van der Waals surface area contributed by atoms with Gasteiger partial charge in [-0.2, -0.15) is 16.9 Å². The fourth-order valence-electron chi connectivity index (χ4n) is 3.24. The second-order valence-corrected chi connectivity index (χ2v) is 8.24. The highest BCUT2D eigenvalue weighted by molar-refractivity contribution is 7.98. The molecule has 0 aliphatic carbocycles. The van der Waals surface area contributed by atoms with E-state index in [1.807, 2.05) is 6.26 Å². The lowest BCUT2D eigenvalue weighted by molar-refractivity contribution is -0.137. The summed E-state index contributed by atoms with van der Waals surface area (Å²) in [6, 6.07) is 8.53. The molecule has 176 valence electrons. The highest BCUT2D eigenvalue weighted by atomic mass is 32.2. The van der Waals surface area contributed by atoms with E-state index in [1.165, 1.54) is 28.8 Å². The van der Waals surface area contributed by atoms with Crippen LogP contribution in [0, 0.1) is 11.6 Å². The molecule has 1 unspecified atom stereocenters. The first-order chi connectivity index (χ1) is 16.5. The largest absolute Gasteiger partial charge is 0.480 e. The zero-order chi connectivity index (χ0) is 24.1. The standard InChI is InChI=1S/C22H20F2N6O3S/c1-34-9-7-17(22(31)32)26-20-15(24)11-25-21(27-20)18-10-19(16-6-8-33-29-16)30(28-18)12-13-4-2-3-5-14(13)23/h2-6,8,10-11,17H,7,9,12H2,1H3,(H,31,32)(H,25,26,27). The van der Waals surface area contributed by atoms with Gasteiger partial charge in [0.2, 0.25) is 0 Å². The third kappa shape index (κ3) is 5.22. The van der Waals surface area contributed by atoms with Crippen LogP contribution in [0.4, 0.5) is 14.6 Å². The van der Waals surface area contributed by atoms with Crippen LogP contribution in [0.25, 0.3) is 22.9 Å². The van der Waals surface area contributed by atoms with Crippen LogP contribution in [0.5, 0.6) is 0 Å². The van der Waals surface area contributed by atoms with Crippen molar-refractivity contribution in [1.29, 1.82) is 0 Å². The van der Waals surface area contributed by atoms with Gasteiger partial charge in [0.1, 0.15) is 29.5 Å². The molecule has 12 heteroatoms. The quantitative estimate of drug-likeness (QED) is 0.343. The molecule has 0 saturated carbocycles. The van der Waals surface area contributed by atoms with Crippen LogP contribution in [0.3, 0.4) is 0 Å². The fourth-order valence-corrected chi connectivity index (χ4v) is 3.71. The molecule has 0 spiro atoms. The van der Waals surface area contributed by atoms with Gasteiger partial charge in [-0.15, -0.1) is 0 Å². The molecule has 2 N–H and O–H groups in total. The Morgan fingerprint density at radius 2 is 2.06 bits per heavy atom. The van der Waals surface area contributed by atoms with Gasteiger partial charge in [-0.05, 0) is 30.6 Å². The number of aromatic nitrogens is 5. The molecule has 3 heterocycles. The van der Waals surface area contributed by atoms with Gasteiger partial charge in [0.15, 0.2) is 17.5 Å². The number of hydrogen-bond donors (Lipinski definition) is 2. The number of nitrogens with one attached hydrogen (secondary N) is 1. The Morgan fingerprint density at radius 1 is 1.24 bits per heavy atom. The maximum atomic E-state index is 14.4. The Kier molecular flexibility index (Phi) is 7.16. The van der Waals surface area contributed by atoms with Crippen molar-refractivity contribution in [2.45, 2.75) is 19.0 Å². The van der Waals surface area contributed by atoms with Crippen molar-refractivity contribution in [2.24, 2.45) is 0 Å². The maximum absolute atomic E-state index is 14.4. The molecule has 34 heavy (non-hydrogen) atoms. The molecule has 9 nitrogen and oxygen atoms in total. The number of thioether (sulfide) groups is 1. The number of carboxylic acid groups (broad SMARTS) is 1. The predicted octanol–water partition coefficient (Wildman–Crippen LogP) is 3.94. The van der Waals surface area contributed by atoms with Crippen molar-refractivity contribution in [3.8, 4) is 22.9 Å². The Balaban J connectivity index is 1.70. The number of rotatable bonds is 10. The van der Waals surface area contributed by atoms with E-state index in [0.717, 1.165) is 6.20 Å². The van der Waals surface area contributed by atoms with Crippen molar-refractivity contribution in [2.75, 3.05) is 17.3 Å². The van der Waals surface area contributed by atoms with Gasteiger partial charge < -0.3 is 14.9 Å². The molecule has 4 aromatic rings. The summed E-state index contributed by atoms with van der Waals surface area (Å²) >= 11 is 1.48. The molecule has 0 bridgehead atoms. The minimum absolute atomic E-state index is 0.0648. The molecule has 0 radical (unpaired) electrons. The molecule has 0 aliphatic rings. The zero-order valence-corrected chi connectivity index (χ0v) is 18.8. The SMILES string of the molecule is CSCCC(Nc1nc(-c2cc(-c3ccon3)n(Cc3ccccc3F)n2)ncc1F)C(=O)O. The van der Waals surface area contributed by atoms with Gasteiger partial charge in [0, 0.05) is 11.6 Å². The molecular formula is C22H20F2N6O3S. The van der Waals surface area contributed by atoms with Crippen LogP contribution in [0.1, 0.15) is 12.0 Å². The third-order valence-electron chi connectivity index (χ3n) is 4.95. The van der Waals surface area contributed by atoms with Crippen molar-refractivity contribution in [3.05, 3.63) is 66.1 Å². The number of benzene rings is 1. The first-order valence-corrected chi connectivity index (χ1v) is 11.6. The van der Waals surface area contributed by atoms with E-state index in [4.69, 9.17) is 4.52 Å². The van der Waals surface area contributed by atoms with Crippen molar-refractivity contribution in [3.63, 3.8) is 0 Å². The molecule has 1 aromatic carbocycles. The van der Waals surface area contributed by atoms with E-state index in [9.17, 15) is 18.7 Å². The average molecular weight is 487 g/mol. The lowest BCUT2D eigenvalue weighted by Gasteiger charge is -2.15. The summed E-state index contributed by atoms with van der Waals surface area (Å²) in [5.74, 6) is -1.90. The predicted molar refractivity (Wildman–Crippen MR) is 122 cm³/mol. The summed E-state index contributed by atoms with van der Waals surface area (Å²) < 4.78 is 35.1. The zero-order valence-electron chi connectivity index (χ0n) is 18.0. The van der Waals surface area contributed by atoms with E-state index >= 15 is 0 Å². The summed E-state index contributed by atoms with van der Waals surface area (Å²) in [6.45, 7) is 0.0942. The van der Waals surface area contributed by atoms with Crippen LogP contribution >= 0.6 is 11.8 Å². The Bertz CT molecular complexity index is 1280. The normalized spacial score (nSPS) is 12.0. The molecule has 3 aromatic heterocycles. The first kappa shape index (κ1) is 23.4. The summed E-state index contributed by atoms with van der Waals surface area (Å²) in [5.41, 5.74) is 1.65. The number of hydrogen-bond acceptors (Lipinski definition) is 8. The van der Waals surface area contributed by atoms with E-state index in [2.05, 4.69) is 25.5 Å².